The number of hydrogen-bond donors (Lipinski definition) is 2. The summed E-state index contributed by atoms with van der Waals surface area (Å²) in [6.45, 7) is 11.3. The maximum Gasteiger partial charge on any atom is 0.268 e. The van der Waals surface area contributed by atoms with Gasteiger partial charge in [0.25, 0.3) is 5.91 Å². The Morgan fingerprint density at radius 1 is 1.08 bits per heavy atom. The lowest BCUT2D eigenvalue weighted by Gasteiger charge is -2.09. The molecule has 1 amide bonds. The number of ketones is 1. The second-order valence-corrected chi connectivity index (χ2v) is 6.79. The minimum atomic E-state index is -0.204. The van der Waals surface area contributed by atoms with Gasteiger partial charge in [0.05, 0.1) is 0 Å². The number of aryl methyl sites for hydroxylation is 3. The van der Waals surface area contributed by atoms with E-state index in [1.54, 1.807) is 13.8 Å². The second kappa shape index (κ2) is 7.55. The number of hydrogen-bond acceptors (Lipinski definition) is 3. The number of benzene rings is 1. The van der Waals surface area contributed by atoms with E-state index in [0.29, 0.717) is 28.3 Å². The van der Waals surface area contributed by atoms with Gasteiger partial charge in [-0.15, -0.1) is 0 Å². The molecule has 0 aliphatic heterocycles. The number of H-pyrrole nitrogens is 1. The van der Waals surface area contributed by atoms with Crippen molar-refractivity contribution in [2.75, 3.05) is 6.61 Å². The molecule has 2 aromatic rings. The first-order valence-corrected chi connectivity index (χ1v) is 8.43. The van der Waals surface area contributed by atoms with Crippen LogP contribution in [-0.4, -0.2) is 29.3 Å². The summed E-state index contributed by atoms with van der Waals surface area (Å²) in [5.74, 6) is 0.327. The molecule has 1 aromatic heterocycles. The molecule has 134 valence electrons. The van der Waals surface area contributed by atoms with Crippen molar-refractivity contribution >= 4 is 11.7 Å². The van der Waals surface area contributed by atoms with Gasteiger partial charge in [0.15, 0.2) is 6.61 Å². The highest BCUT2D eigenvalue weighted by molar-refractivity contribution is 6.04. The summed E-state index contributed by atoms with van der Waals surface area (Å²) >= 11 is 0. The Labute approximate surface area is 148 Å². The fourth-order valence-corrected chi connectivity index (χ4v) is 2.97. The van der Waals surface area contributed by atoms with E-state index in [-0.39, 0.29) is 24.3 Å². The molecule has 1 heterocycles. The van der Waals surface area contributed by atoms with Gasteiger partial charge >= 0.3 is 0 Å². The molecule has 1 aromatic carbocycles. The molecule has 0 bridgehead atoms. The molecule has 0 unspecified atom stereocenters. The number of Topliss-reactive ketones (excluding diaryl/α,β-unsaturated/α-hetero) is 1. The third-order valence-electron chi connectivity index (χ3n) is 3.93. The highest BCUT2D eigenvalue weighted by Crippen LogP contribution is 2.20. The average Bonchev–Trinajstić information content (AvgIpc) is 2.78. The van der Waals surface area contributed by atoms with Crippen LogP contribution in [0, 0.1) is 27.7 Å². The zero-order chi connectivity index (χ0) is 18.7. The van der Waals surface area contributed by atoms with Gasteiger partial charge in [-0.25, -0.2) is 0 Å². The molecule has 2 N–H and O–H groups in total. The number of aromatic nitrogens is 1. The first kappa shape index (κ1) is 18.8. The Bertz CT molecular complexity index is 783. The largest absolute Gasteiger partial charge is 0.485 e. The zero-order valence-corrected chi connectivity index (χ0v) is 15.7. The third kappa shape index (κ3) is 4.50. The molecule has 0 aliphatic carbocycles. The monoisotopic (exact) mass is 342 g/mol. The summed E-state index contributed by atoms with van der Waals surface area (Å²) in [6, 6.07) is 5.88. The minimum absolute atomic E-state index is 0.0301. The Kier molecular flexibility index (Phi) is 5.67. The van der Waals surface area contributed by atoms with Crippen LogP contribution in [0.1, 0.15) is 57.1 Å². The van der Waals surface area contributed by atoms with Crippen molar-refractivity contribution in [1.82, 2.24) is 10.3 Å². The summed E-state index contributed by atoms with van der Waals surface area (Å²) < 4.78 is 5.66. The maximum absolute atomic E-state index is 12.6. The Balaban J connectivity index is 2.16. The van der Waals surface area contributed by atoms with Crippen LogP contribution in [0.4, 0.5) is 0 Å². The van der Waals surface area contributed by atoms with Gasteiger partial charge in [-0.05, 0) is 70.4 Å². The lowest BCUT2D eigenvalue weighted by Crippen LogP contribution is -2.30. The van der Waals surface area contributed by atoms with Crippen LogP contribution in [0.5, 0.6) is 5.75 Å². The normalized spacial score (nSPS) is 10.8. The number of nitrogens with one attached hydrogen (secondary N) is 2. The van der Waals surface area contributed by atoms with E-state index in [1.165, 1.54) is 0 Å². The predicted octanol–water partition coefficient (Wildman–Crippen LogP) is 3.65. The van der Waals surface area contributed by atoms with Gasteiger partial charge in [-0.2, -0.15) is 0 Å². The van der Waals surface area contributed by atoms with Crippen molar-refractivity contribution < 1.29 is 14.3 Å². The fourth-order valence-electron chi connectivity index (χ4n) is 2.97. The summed E-state index contributed by atoms with van der Waals surface area (Å²) in [4.78, 5) is 27.9. The van der Waals surface area contributed by atoms with Crippen molar-refractivity contribution in [3.05, 3.63) is 51.8 Å². The van der Waals surface area contributed by atoms with Crippen LogP contribution in [0.3, 0.4) is 0 Å². The molecule has 0 spiro atoms. The van der Waals surface area contributed by atoms with Crippen molar-refractivity contribution in [2.24, 2.45) is 0 Å². The summed E-state index contributed by atoms with van der Waals surface area (Å²) in [6.07, 6.45) is 0. The van der Waals surface area contributed by atoms with Crippen LogP contribution in [0.25, 0.3) is 0 Å². The fraction of sp³-hybridized carbons (Fsp3) is 0.400. The van der Waals surface area contributed by atoms with Gasteiger partial charge in [0, 0.05) is 17.3 Å². The quantitative estimate of drug-likeness (QED) is 0.787. The van der Waals surface area contributed by atoms with Gasteiger partial charge in [-0.3, -0.25) is 9.59 Å². The highest BCUT2D eigenvalue weighted by atomic mass is 16.5. The molecular weight excluding hydrogens is 316 g/mol. The predicted molar refractivity (Wildman–Crippen MR) is 98.6 cm³/mol. The van der Waals surface area contributed by atoms with Crippen LogP contribution >= 0.6 is 0 Å². The third-order valence-corrected chi connectivity index (χ3v) is 3.93. The Morgan fingerprint density at radius 2 is 1.68 bits per heavy atom. The Hall–Kier alpha value is -2.56. The summed E-state index contributed by atoms with van der Waals surface area (Å²) in [7, 11) is 0. The van der Waals surface area contributed by atoms with Gasteiger partial charge in [0.2, 0.25) is 5.78 Å². The van der Waals surface area contributed by atoms with E-state index in [1.807, 2.05) is 39.8 Å². The molecule has 0 aliphatic rings. The minimum Gasteiger partial charge on any atom is -0.485 e. The number of rotatable bonds is 6. The molecule has 0 saturated heterocycles. The number of carbonyl (C=O) groups is 2. The van der Waals surface area contributed by atoms with Gasteiger partial charge in [0.1, 0.15) is 11.4 Å². The first-order valence-electron chi connectivity index (χ1n) is 8.43. The number of aromatic amines is 1. The standard InChI is InChI=1S/C20H26N2O3/c1-11(2)21-20(24)19-14(5)18(15(6)22-19)17(23)10-25-16-8-12(3)7-13(4)9-16/h7-9,11,22H,10H2,1-6H3,(H,21,24). The van der Waals surface area contributed by atoms with E-state index >= 15 is 0 Å². The SMILES string of the molecule is Cc1cc(C)cc(OCC(=O)c2c(C)[nH]c(C(=O)NC(C)C)c2C)c1. The van der Waals surface area contributed by atoms with Crippen molar-refractivity contribution in [3.63, 3.8) is 0 Å². The molecule has 5 heteroatoms. The average molecular weight is 342 g/mol. The second-order valence-electron chi connectivity index (χ2n) is 6.79. The summed E-state index contributed by atoms with van der Waals surface area (Å²) in [5, 5.41) is 2.84. The van der Waals surface area contributed by atoms with Gasteiger partial charge < -0.3 is 15.0 Å². The lowest BCUT2D eigenvalue weighted by atomic mass is 10.1. The van der Waals surface area contributed by atoms with Crippen LogP contribution in [0.2, 0.25) is 0 Å². The van der Waals surface area contributed by atoms with Gasteiger partial charge in [-0.1, -0.05) is 6.07 Å². The van der Waals surface area contributed by atoms with Crippen LogP contribution in [-0.2, 0) is 0 Å². The smallest absolute Gasteiger partial charge is 0.268 e. The van der Waals surface area contributed by atoms with E-state index in [4.69, 9.17) is 4.74 Å². The van der Waals surface area contributed by atoms with Crippen molar-refractivity contribution in [1.29, 1.82) is 0 Å². The summed E-state index contributed by atoms with van der Waals surface area (Å²) in [5.41, 5.74) is 4.47. The topological polar surface area (TPSA) is 71.2 Å². The van der Waals surface area contributed by atoms with E-state index in [9.17, 15) is 9.59 Å². The molecule has 0 fully saturated rings. The van der Waals surface area contributed by atoms with E-state index in [2.05, 4.69) is 16.4 Å². The van der Waals surface area contributed by atoms with E-state index in [0.717, 1.165) is 11.1 Å². The highest BCUT2D eigenvalue weighted by Gasteiger charge is 2.22. The number of carbonyl (C=O) groups excluding carboxylic acids is 2. The van der Waals surface area contributed by atoms with Crippen LogP contribution < -0.4 is 10.1 Å². The van der Waals surface area contributed by atoms with Crippen LogP contribution in [0.15, 0.2) is 18.2 Å². The molecule has 0 atom stereocenters. The number of amides is 1. The van der Waals surface area contributed by atoms with E-state index < -0.39 is 0 Å². The molecule has 5 nitrogen and oxygen atoms in total. The molecule has 0 radical (unpaired) electrons. The molecule has 2 rings (SSSR count). The van der Waals surface area contributed by atoms with Crippen molar-refractivity contribution in [3.8, 4) is 5.75 Å². The molecule has 0 saturated carbocycles. The lowest BCUT2D eigenvalue weighted by molar-refractivity contribution is 0.0920. The molecular formula is C20H26N2O3. The number of ether oxygens (including phenoxy) is 1. The zero-order valence-electron chi connectivity index (χ0n) is 15.7. The Morgan fingerprint density at radius 3 is 2.24 bits per heavy atom. The van der Waals surface area contributed by atoms with Crippen molar-refractivity contribution in [2.45, 2.75) is 47.6 Å². The molecule has 25 heavy (non-hydrogen) atoms. The maximum atomic E-state index is 12.6. The first-order chi connectivity index (χ1) is 11.7.